The van der Waals surface area contributed by atoms with Gasteiger partial charge in [0, 0.05) is 13.6 Å². The van der Waals surface area contributed by atoms with Gasteiger partial charge in [0.15, 0.2) is 5.16 Å². The molecule has 0 saturated heterocycles. The van der Waals surface area contributed by atoms with Crippen molar-refractivity contribution in [2.24, 2.45) is 12.8 Å². The highest BCUT2D eigenvalue weighted by Gasteiger charge is 2.15. The van der Waals surface area contributed by atoms with Crippen LogP contribution in [0.5, 0.6) is 0 Å². The topological polar surface area (TPSA) is 76.7 Å². The minimum absolute atomic E-state index is 0.0552. The number of hydrogen-bond acceptors (Lipinski definition) is 4. The summed E-state index contributed by atoms with van der Waals surface area (Å²) in [5.74, 6) is -1.45. The number of aromatic amines is 1. The van der Waals surface area contributed by atoms with Gasteiger partial charge in [0.05, 0.1) is 4.90 Å². The minimum atomic E-state index is -0.726. The molecule has 96 valence electrons. The first-order valence-electron chi connectivity index (χ1n) is 5.00. The summed E-state index contributed by atoms with van der Waals surface area (Å²) >= 11 is 0.737. The molecule has 0 unspecified atom stereocenters. The summed E-state index contributed by atoms with van der Waals surface area (Å²) in [5, 5.41) is 6.04. The van der Waals surface area contributed by atoms with Crippen molar-refractivity contribution in [2.75, 3.05) is 0 Å². The van der Waals surface area contributed by atoms with Gasteiger partial charge in [-0.2, -0.15) is 0 Å². The maximum Gasteiger partial charge on any atom is 0.343 e. The molecule has 2 aromatic rings. The summed E-state index contributed by atoms with van der Waals surface area (Å²) in [5.41, 5.74) is 5.23. The van der Waals surface area contributed by atoms with E-state index in [1.807, 2.05) is 0 Å². The molecule has 0 atom stereocenters. The van der Waals surface area contributed by atoms with Crippen LogP contribution < -0.4 is 11.4 Å². The normalized spacial score (nSPS) is 10.9. The van der Waals surface area contributed by atoms with Crippen molar-refractivity contribution in [1.82, 2.24) is 14.8 Å². The lowest BCUT2D eigenvalue weighted by molar-refractivity contribution is 0.536. The Balaban J connectivity index is 2.41. The van der Waals surface area contributed by atoms with Crippen LogP contribution in [0.3, 0.4) is 0 Å². The van der Waals surface area contributed by atoms with Crippen molar-refractivity contribution >= 4 is 11.8 Å². The van der Waals surface area contributed by atoms with E-state index in [1.165, 1.54) is 11.6 Å². The van der Waals surface area contributed by atoms with Crippen LogP contribution in [0.1, 0.15) is 5.56 Å². The van der Waals surface area contributed by atoms with Gasteiger partial charge >= 0.3 is 5.69 Å². The van der Waals surface area contributed by atoms with Gasteiger partial charge in [-0.05, 0) is 29.5 Å². The second-order valence-electron chi connectivity index (χ2n) is 3.57. The molecule has 0 spiro atoms. The zero-order valence-electron chi connectivity index (χ0n) is 9.41. The molecule has 0 aliphatic heterocycles. The quantitative estimate of drug-likeness (QED) is 0.873. The third-order valence-electron chi connectivity index (χ3n) is 2.33. The van der Waals surface area contributed by atoms with Gasteiger partial charge < -0.3 is 5.73 Å². The third-order valence-corrected chi connectivity index (χ3v) is 3.47. The van der Waals surface area contributed by atoms with Crippen LogP contribution >= 0.6 is 11.8 Å². The van der Waals surface area contributed by atoms with Crippen LogP contribution in [0.2, 0.25) is 0 Å². The standard InChI is InChI=1S/C10H10F2N4OS/c1-16-9(17)14-15-10(16)18-8-6(11)2-5(4-13)3-7(8)12/h2-3H,4,13H2,1H3,(H,14,17). The molecule has 1 heterocycles. The number of nitrogens with one attached hydrogen (secondary N) is 1. The van der Waals surface area contributed by atoms with E-state index >= 15 is 0 Å². The average molecular weight is 272 g/mol. The Bertz CT molecular complexity index is 614. The fourth-order valence-corrected chi connectivity index (χ4v) is 2.15. The van der Waals surface area contributed by atoms with Gasteiger partial charge in [-0.1, -0.05) is 0 Å². The Morgan fingerprint density at radius 3 is 2.50 bits per heavy atom. The van der Waals surface area contributed by atoms with E-state index in [1.54, 1.807) is 0 Å². The van der Waals surface area contributed by atoms with E-state index in [-0.39, 0.29) is 16.6 Å². The molecule has 0 aliphatic carbocycles. The first-order valence-corrected chi connectivity index (χ1v) is 5.81. The Morgan fingerprint density at radius 1 is 1.44 bits per heavy atom. The predicted octanol–water partition coefficient (Wildman–Crippen LogP) is 0.997. The van der Waals surface area contributed by atoms with E-state index in [2.05, 4.69) is 10.2 Å². The van der Waals surface area contributed by atoms with E-state index in [4.69, 9.17) is 5.73 Å². The Kier molecular flexibility index (Phi) is 3.48. The maximum absolute atomic E-state index is 13.7. The van der Waals surface area contributed by atoms with Crippen molar-refractivity contribution < 1.29 is 8.78 Å². The number of hydrogen-bond donors (Lipinski definition) is 2. The molecule has 0 radical (unpaired) electrons. The van der Waals surface area contributed by atoms with Crippen LogP contribution in [-0.4, -0.2) is 14.8 Å². The number of benzene rings is 1. The largest absolute Gasteiger partial charge is 0.343 e. The van der Waals surface area contributed by atoms with Gasteiger partial charge in [0.1, 0.15) is 11.6 Å². The van der Waals surface area contributed by atoms with Crippen LogP contribution in [0.4, 0.5) is 8.78 Å². The zero-order chi connectivity index (χ0) is 13.3. The Hall–Kier alpha value is -1.67. The molecule has 5 nitrogen and oxygen atoms in total. The molecule has 18 heavy (non-hydrogen) atoms. The van der Waals surface area contributed by atoms with Gasteiger partial charge in [-0.25, -0.2) is 18.7 Å². The van der Waals surface area contributed by atoms with Crippen molar-refractivity contribution in [2.45, 2.75) is 16.6 Å². The highest BCUT2D eigenvalue weighted by atomic mass is 32.2. The number of nitrogens with two attached hydrogens (primary N) is 1. The summed E-state index contributed by atoms with van der Waals surface area (Å²) in [4.78, 5) is 10.9. The van der Waals surface area contributed by atoms with Gasteiger partial charge in [-0.15, -0.1) is 5.10 Å². The van der Waals surface area contributed by atoms with Crippen molar-refractivity contribution in [3.63, 3.8) is 0 Å². The molecule has 3 N–H and O–H groups in total. The van der Waals surface area contributed by atoms with Gasteiger partial charge in [0.25, 0.3) is 0 Å². The lowest BCUT2D eigenvalue weighted by atomic mass is 10.2. The van der Waals surface area contributed by atoms with Crippen LogP contribution in [0.15, 0.2) is 27.0 Å². The molecule has 2 rings (SSSR count). The minimum Gasteiger partial charge on any atom is -0.326 e. The number of nitrogens with zero attached hydrogens (tertiary/aromatic N) is 2. The lowest BCUT2D eigenvalue weighted by Crippen LogP contribution is -2.12. The molecule has 0 fully saturated rings. The third kappa shape index (κ3) is 2.29. The summed E-state index contributed by atoms with van der Waals surface area (Å²) in [6, 6.07) is 2.33. The van der Waals surface area contributed by atoms with Gasteiger partial charge in [0.2, 0.25) is 0 Å². The molecule has 0 saturated carbocycles. The number of rotatable bonds is 3. The molecule has 0 aliphatic rings. The lowest BCUT2D eigenvalue weighted by Gasteiger charge is -2.05. The molecule has 0 amide bonds. The fourth-order valence-electron chi connectivity index (χ4n) is 1.34. The van der Waals surface area contributed by atoms with E-state index in [9.17, 15) is 13.6 Å². The summed E-state index contributed by atoms with van der Waals surface area (Å²) in [6.45, 7) is 0.0552. The summed E-state index contributed by atoms with van der Waals surface area (Å²) in [6.07, 6.45) is 0. The van der Waals surface area contributed by atoms with Crippen LogP contribution in [0.25, 0.3) is 0 Å². The first kappa shape index (κ1) is 12.8. The smallest absolute Gasteiger partial charge is 0.326 e. The zero-order valence-corrected chi connectivity index (χ0v) is 10.2. The molecule has 1 aromatic carbocycles. The average Bonchev–Trinajstić information content (AvgIpc) is 2.65. The SMILES string of the molecule is Cn1c(Sc2c(F)cc(CN)cc2F)n[nH]c1=O. The highest BCUT2D eigenvalue weighted by molar-refractivity contribution is 7.99. The Morgan fingerprint density at radius 2 is 2.06 bits per heavy atom. The second kappa shape index (κ2) is 4.91. The second-order valence-corrected chi connectivity index (χ2v) is 4.54. The van der Waals surface area contributed by atoms with Crippen LogP contribution in [-0.2, 0) is 13.6 Å². The summed E-state index contributed by atoms with van der Waals surface area (Å²) < 4.78 is 28.5. The monoisotopic (exact) mass is 272 g/mol. The molecule has 8 heteroatoms. The predicted molar refractivity (Wildman–Crippen MR) is 62.2 cm³/mol. The molecular weight excluding hydrogens is 262 g/mol. The molecule has 1 aromatic heterocycles. The number of aromatic nitrogens is 3. The van der Waals surface area contributed by atoms with Crippen molar-refractivity contribution in [3.05, 3.63) is 39.8 Å². The number of halogens is 2. The summed E-state index contributed by atoms with van der Waals surface area (Å²) in [7, 11) is 1.46. The maximum atomic E-state index is 13.7. The highest BCUT2D eigenvalue weighted by Crippen LogP contribution is 2.30. The van der Waals surface area contributed by atoms with Gasteiger partial charge in [-0.3, -0.25) is 4.57 Å². The van der Waals surface area contributed by atoms with Crippen molar-refractivity contribution in [3.8, 4) is 0 Å². The Labute approximate surface area is 105 Å². The molecular formula is C10H10F2N4OS. The molecule has 0 bridgehead atoms. The fraction of sp³-hybridized carbons (Fsp3) is 0.200. The van der Waals surface area contributed by atoms with Crippen molar-refractivity contribution in [1.29, 1.82) is 0 Å². The van der Waals surface area contributed by atoms with E-state index < -0.39 is 17.3 Å². The van der Waals surface area contributed by atoms with E-state index in [0.29, 0.717) is 5.56 Å². The van der Waals surface area contributed by atoms with E-state index in [0.717, 1.165) is 23.9 Å². The first-order chi connectivity index (χ1) is 8.52. The van der Waals surface area contributed by atoms with Crippen LogP contribution in [0, 0.1) is 11.6 Å². The number of H-pyrrole nitrogens is 1.